The molecule has 2 aliphatic rings. The maximum atomic E-state index is 13.7. The second-order valence-corrected chi connectivity index (χ2v) is 8.35. The molecule has 0 aliphatic carbocycles. The van der Waals surface area contributed by atoms with Gasteiger partial charge >= 0.3 is 6.03 Å². The number of imide groups is 2. The minimum atomic E-state index is -1.32. The number of nitrogens with one attached hydrogen (secondary N) is 1. The molecule has 0 radical (unpaired) electrons. The predicted octanol–water partition coefficient (Wildman–Crippen LogP) is 3.14. The van der Waals surface area contributed by atoms with E-state index in [2.05, 4.69) is 11.4 Å². The first-order valence-electron chi connectivity index (χ1n) is 10.4. The van der Waals surface area contributed by atoms with Crippen LogP contribution in [0.2, 0.25) is 0 Å². The van der Waals surface area contributed by atoms with Gasteiger partial charge in [-0.15, -0.1) is 0 Å². The van der Waals surface area contributed by atoms with Crippen LogP contribution in [0, 0.1) is 5.41 Å². The molecule has 1 atom stereocenters. The van der Waals surface area contributed by atoms with Gasteiger partial charge in [-0.3, -0.25) is 19.8 Å². The topological polar surface area (TPSA) is 69.7 Å². The van der Waals surface area contributed by atoms with E-state index in [1.54, 1.807) is 0 Å². The van der Waals surface area contributed by atoms with Crippen LogP contribution < -0.4 is 10.2 Å². The van der Waals surface area contributed by atoms with E-state index in [0.717, 1.165) is 27.6 Å². The SMILES string of the molecule is CN1C[C@]2(Cc3c1ccc1ccccc31)C(=O)NC(=O)N(CCc1ccccc1)C2=O. The molecule has 3 aromatic carbocycles. The largest absolute Gasteiger partial charge is 0.373 e. The Hall–Kier alpha value is -3.67. The number of rotatable bonds is 3. The van der Waals surface area contributed by atoms with Crippen molar-refractivity contribution in [2.24, 2.45) is 5.41 Å². The smallest absolute Gasteiger partial charge is 0.330 e. The molecule has 2 aliphatic heterocycles. The zero-order valence-electron chi connectivity index (χ0n) is 17.3. The van der Waals surface area contributed by atoms with E-state index in [1.807, 2.05) is 72.6 Å². The molecule has 0 saturated carbocycles. The minimum Gasteiger partial charge on any atom is -0.373 e. The summed E-state index contributed by atoms with van der Waals surface area (Å²) in [5.41, 5.74) is 1.69. The first-order valence-corrected chi connectivity index (χ1v) is 10.4. The lowest BCUT2D eigenvalue weighted by Gasteiger charge is -2.45. The lowest BCUT2D eigenvalue weighted by Crippen LogP contribution is -2.68. The highest BCUT2D eigenvalue weighted by atomic mass is 16.2. The van der Waals surface area contributed by atoms with Gasteiger partial charge in [0.15, 0.2) is 0 Å². The highest BCUT2D eigenvalue weighted by Gasteiger charge is 2.56. The summed E-state index contributed by atoms with van der Waals surface area (Å²) >= 11 is 0. The summed E-state index contributed by atoms with van der Waals surface area (Å²) in [7, 11) is 1.89. The fourth-order valence-electron chi connectivity index (χ4n) is 4.83. The van der Waals surface area contributed by atoms with E-state index in [1.165, 1.54) is 4.90 Å². The van der Waals surface area contributed by atoms with Crippen LogP contribution in [0.1, 0.15) is 11.1 Å². The van der Waals surface area contributed by atoms with E-state index in [-0.39, 0.29) is 19.5 Å². The standard InChI is InChI=1S/C25H23N3O3/c1-27-16-25(15-20-19-10-6-5-9-18(19)11-12-21(20)27)22(29)26-24(31)28(23(25)30)14-13-17-7-3-2-4-8-17/h2-12H,13-16H2,1H3,(H,26,29,31)/t25-/m1/s1. The quantitative estimate of drug-likeness (QED) is 0.670. The first-order chi connectivity index (χ1) is 15.0. The molecule has 1 fully saturated rings. The summed E-state index contributed by atoms with van der Waals surface area (Å²) in [6.45, 7) is 0.466. The number of carbonyl (C=O) groups excluding carboxylic acids is 3. The molecule has 0 bridgehead atoms. The van der Waals surface area contributed by atoms with Crippen molar-refractivity contribution in [3.63, 3.8) is 0 Å². The van der Waals surface area contributed by atoms with E-state index in [4.69, 9.17) is 0 Å². The number of barbiturate groups is 1. The Morgan fingerprint density at radius 1 is 0.935 bits per heavy atom. The molecule has 4 amide bonds. The lowest BCUT2D eigenvalue weighted by molar-refractivity contribution is -0.151. The summed E-state index contributed by atoms with van der Waals surface area (Å²) in [6, 6.07) is 21.1. The summed E-state index contributed by atoms with van der Waals surface area (Å²) in [4.78, 5) is 42.5. The zero-order chi connectivity index (χ0) is 21.6. The van der Waals surface area contributed by atoms with Crippen LogP contribution >= 0.6 is 0 Å². The molecule has 3 aromatic rings. The van der Waals surface area contributed by atoms with Gasteiger partial charge in [-0.25, -0.2) is 4.79 Å². The number of hydrogen-bond donors (Lipinski definition) is 1. The van der Waals surface area contributed by atoms with Gasteiger partial charge in [-0.1, -0.05) is 60.7 Å². The highest BCUT2D eigenvalue weighted by molar-refractivity contribution is 6.20. The first kappa shape index (κ1) is 19.3. The molecule has 6 heteroatoms. The Balaban J connectivity index is 1.52. The maximum Gasteiger partial charge on any atom is 0.330 e. The van der Waals surface area contributed by atoms with Crippen LogP contribution in [-0.2, 0) is 22.4 Å². The Morgan fingerprint density at radius 2 is 1.68 bits per heavy atom. The fraction of sp³-hybridized carbons (Fsp3) is 0.240. The third-order valence-electron chi connectivity index (χ3n) is 6.43. The molecule has 0 aromatic heterocycles. The third kappa shape index (κ3) is 3.06. The van der Waals surface area contributed by atoms with Gasteiger partial charge in [0.25, 0.3) is 0 Å². The third-order valence-corrected chi connectivity index (χ3v) is 6.43. The van der Waals surface area contributed by atoms with Crippen molar-refractivity contribution in [2.45, 2.75) is 12.8 Å². The molecule has 1 saturated heterocycles. The maximum absolute atomic E-state index is 13.7. The number of amides is 4. The Labute approximate surface area is 180 Å². The van der Waals surface area contributed by atoms with Crippen LogP contribution in [0.25, 0.3) is 10.8 Å². The zero-order valence-corrected chi connectivity index (χ0v) is 17.3. The fourth-order valence-corrected chi connectivity index (χ4v) is 4.83. The summed E-state index contributed by atoms with van der Waals surface area (Å²) < 4.78 is 0. The second kappa shape index (κ2) is 7.23. The van der Waals surface area contributed by atoms with Crippen LogP contribution in [0.3, 0.4) is 0 Å². The molecule has 2 heterocycles. The summed E-state index contributed by atoms with van der Waals surface area (Å²) in [5, 5.41) is 4.55. The Morgan fingerprint density at radius 3 is 2.48 bits per heavy atom. The van der Waals surface area contributed by atoms with Gasteiger partial charge in [0, 0.05) is 32.2 Å². The van der Waals surface area contributed by atoms with Crippen molar-refractivity contribution in [1.29, 1.82) is 0 Å². The monoisotopic (exact) mass is 413 g/mol. The van der Waals surface area contributed by atoms with Gasteiger partial charge in [0.05, 0.1) is 0 Å². The van der Waals surface area contributed by atoms with Crippen molar-refractivity contribution in [3.05, 3.63) is 77.9 Å². The minimum absolute atomic E-state index is 0.232. The lowest BCUT2D eigenvalue weighted by atomic mass is 9.73. The van der Waals surface area contributed by atoms with Crippen LogP contribution in [0.15, 0.2) is 66.7 Å². The van der Waals surface area contributed by atoms with Crippen molar-refractivity contribution in [1.82, 2.24) is 10.2 Å². The molecule has 156 valence electrons. The van der Waals surface area contributed by atoms with Crippen molar-refractivity contribution in [2.75, 3.05) is 25.0 Å². The van der Waals surface area contributed by atoms with Crippen molar-refractivity contribution in [3.8, 4) is 0 Å². The highest BCUT2D eigenvalue weighted by Crippen LogP contribution is 2.42. The number of anilines is 1. The van der Waals surface area contributed by atoms with Crippen molar-refractivity contribution < 1.29 is 14.4 Å². The Kier molecular flexibility index (Phi) is 4.50. The molecular weight excluding hydrogens is 390 g/mol. The van der Waals surface area contributed by atoms with Crippen LogP contribution in [0.4, 0.5) is 10.5 Å². The number of fused-ring (bicyclic) bond motifs is 3. The van der Waals surface area contributed by atoms with Crippen molar-refractivity contribution >= 4 is 34.3 Å². The number of hydrogen-bond acceptors (Lipinski definition) is 4. The number of benzene rings is 3. The molecule has 31 heavy (non-hydrogen) atoms. The second-order valence-electron chi connectivity index (χ2n) is 8.35. The predicted molar refractivity (Wildman–Crippen MR) is 119 cm³/mol. The summed E-state index contributed by atoms with van der Waals surface area (Å²) in [5.74, 6) is -0.925. The molecular formula is C25H23N3O3. The average molecular weight is 413 g/mol. The normalized spacial score (nSPS) is 20.9. The van der Waals surface area contributed by atoms with Gasteiger partial charge in [-0.2, -0.15) is 0 Å². The van der Waals surface area contributed by atoms with Gasteiger partial charge in [0.1, 0.15) is 5.41 Å². The van der Waals surface area contributed by atoms with E-state index < -0.39 is 23.3 Å². The molecule has 6 nitrogen and oxygen atoms in total. The number of nitrogens with zero attached hydrogens (tertiary/aromatic N) is 2. The number of urea groups is 1. The molecule has 1 spiro atoms. The van der Waals surface area contributed by atoms with E-state index in [9.17, 15) is 14.4 Å². The van der Waals surface area contributed by atoms with E-state index >= 15 is 0 Å². The van der Waals surface area contributed by atoms with Crippen LogP contribution in [-0.4, -0.2) is 42.9 Å². The number of carbonyl (C=O) groups is 3. The van der Waals surface area contributed by atoms with E-state index in [0.29, 0.717) is 6.42 Å². The van der Waals surface area contributed by atoms with Crippen LogP contribution in [0.5, 0.6) is 0 Å². The molecule has 5 rings (SSSR count). The molecule has 0 unspecified atom stereocenters. The van der Waals surface area contributed by atoms with Gasteiger partial charge in [-0.05, 0) is 34.4 Å². The van der Waals surface area contributed by atoms with Gasteiger partial charge < -0.3 is 4.90 Å². The summed E-state index contributed by atoms with van der Waals surface area (Å²) in [6.07, 6.45) is 0.813. The Bertz CT molecular complexity index is 1210. The average Bonchev–Trinajstić information content (AvgIpc) is 2.78. The molecule has 1 N–H and O–H groups in total. The van der Waals surface area contributed by atoms with Gasteiger partial charge in [0.2, 0.25) is 11.8 Å².